The molecule has 74 valence electrons. The van der Waals surface area contributed by atoms with Gasteiger partial charge in [0.1, 0.15) is 0 Å². The smallest absolute Gasteiger partial charge is 0.333 e. The van der Waals surface area contributed by atoms with E-state index in [9.17, 15) is 4.79 Å². The first-order valence-electron chi connectivity index (χ1n) is 5.08. The van der Waals surface area contributed by atoms with E-state index in [1.54, 1.807) is 0 Å². The maximum atomic E-state index is 10.8. The first-order chi connectivity index (χ1) is 6.20. The lowest BCUT2D eigenvalue weighted by Crippen LogP contribution is -2.26. The van der Waals surface area contributed by atoms with Gasteiger partial charge in [-0.25, -0.2) is 4.79 Å². The Bertz CT molecular complexity index is 214. The van der Waals surface area contributed by atoms with Crippen molar-refractivity contribution in [3.8, 4) is 0 Å². The molecule has 0 spiro atoms. The highest BCUT2D eigenvalue weighted by Crippen LogP contribution is 2.41. The Kier molecular flexibility index (Phi) is 2.28. The molecule has 1 N–H and O–H groups in total. The highest BCUT2D eigenvalue weighted by atomic mass is 16.5. The van der Waals surface area contributed by atoms with Crippen molar-refractivity contribution in [2.45, 2.75) is 44.8 Å². The molecule has 0 bridgehead atoms. The molecule has 0 radical (unpaired) electrons. The van der Waals surface area contributed by atoms with E-state index in [0.29, 0.717) is 5.92 Å². The fraction of sp³-hybridized carbons (Fsp3) is 0.900. The molecular weight excluding hydrogens is 168 g/mol. The van der Waals surface area contributed by atoms with Gasteiger partial charge in [0.25, 0.3) is 0 Å². The third-order valence-corrected chi connectivity index (χ3v) is 3.47. The number of rotatable bonds is 1. The lowest BCUT2D eigenvalue weighted by molar-refractivity contribution is -0.151. The van der Waals surface area contributed by atoms with Gasteiger partial charge in [0.15, 0.2) is 6.10 Å². The molecule has 0 unspecified atom stereocenters. The second kappa shape index (κ2) is 3.29. The van der Waals surface area contributed by atoms with Gasteiger partial charge < -0.3 is 9.84 Å². The van der Waals surface area contributed by atoms with E-state index >= 15 is 0 Å². The Balaban J connectivity index is 2.09. The fourth-order valence-electron chi connectivity index (χ4n) is 2.72. The van der Waals surface area contributed by atoms with Crippen LogP contribution in [0.25, 0.3) is 0 Å². The first-order valence-corrected chi connectivity index (χ1v) is 5.08. The molecule has 3 nitrogen and oxygen atoms in total. The van der Waals surface area contributed by atoms with E-state index in [1.165, 1.54) is 12.8 Å². The summed E-state index contributed by atoms with van der Waals surface area (Å²) >= 11 is 0. The normalized spacial score (nSPS) is 44.4. The van der Waals surface area contributed by atoms with Crippen molar-refractivity contribution in [3.05, 3.63) is 0 Å². The maximum absolute atomic E-state index is 10.8. The van der Waals surface area contributed by atoms with Crippen molar-refractivity contribution >= 4 is 5.97 Å². The molecule has 1 aliphatic heterocycles. The molecule has 0 aromatic carbocycles. The molecule has 3 heteroatoms. The summed E-state index contributed by atoms with van der Waals surface area (Å²) in [4.78, 5) is 10.8. The molecule has 0 aromatic rings. The summed E-state index contributed by atoms with van der Waals surface area (Å²) < 4.78 is 5.54. The predicted octanol–water partition coefficient (Wildman–Crippen LogP) is 1.66. The van der Waals surface area contributed by atoms with Crippen molar-refractivity contribution < 1.29 is 14.6 Å². The topological polar surface area (TPSA) is 46.5 Å². The van der Waals surface area contributed by atoms with Crippen LogP contribution in [0, 0.1) is 11.8 Å². The zero-order valence-electron chi connectivity index (χ0n) is 7.90. The molecule has 1 heterocycles. The van der Waals surface area contributed by atoms with Crippen LogP contribution in [0.2, 0.25) is 0 Å². The van der Waals surface area contributed by atoms with Gasteiger partial charge in [-0.3, -0.25) is 0 Å². The molecule has 2 fully saturated rings. The standard InChI is InChI=1S/C10H16O3/c1-6-7-4-2-3-5-8(7)13-9(6)10(11)12/h6-9H,2-5H2,1H3,(H,11,12)/t6-,7+,8+,9+/m1/s1. The largest absolute Gasteiger partial charge is 0.479 e. The van der Waals surface area contributed by atoms with Crippen LogP contribution in [0.15, 0.2) is 0 Å². The van der Waals surface area contributed by atoms with Crippen LogP contribution < -0.4 is 0 Å². The van der Waals surface area contributed by atoms with Crippen LogP contribution in [-0.2, 0) is 9.53 Å². The molecule has 0 aromatic heterocycles. The second-order valence-electron chi connectivity index (χ2n) is 4.24. The molecule has 0 amide bonds. The van der Waals surface area contributed by atoms with Crippen molar-refractivity contribution in [2.75, 3.05) is 0 Å². The highest BCUT2D eigenvalue weighted by molar-refractivity contribution is 5.73. The Morgan fingerprint density at radius 1 is 1.38 bits per heavy atom. The average molecular weight is 184 g/mol. The summed E-state index contributed by atoms with van der Waals surface area (Å²) in [5.41, 5.74) is 0. The second-order valence-corrected chi connectivity index (χ2v) is 4.24. The highest BCUT2D eigenvalue weighted by Gasteiger charge is 2.45. The Morgan fingerprint density at radius 2 is 2.08 bits per heavy atom. The predicted molar refractivity (Wildman–Crippen MR) is 47.4 cm³/mol. The van der Waals surface area contributed by atoms with Crippen molar-refractivity contribution in [1.82, 2.24) is 0 Å². The van der Waals surface area contributed by atoms with Gasteiger partial charge in [0.05, 0.1) is 6.10 Å². The Labute approximate surface area is 78.1 Å². The van der Waals surface area contributed by atoms with Crippen LogP contribution >= 0.6 is 0 Å². The van der Waals surface area contributed by atoms with Crippen molar-refractivity contribution in [3.63, 3.8) is 0 Å². The molecule has 1 saturated heterocycles. The number of fused-ring (bicyclic) bond motifs is 1. The SMILES string of the molecule is C[C@@H]1[C@@H]2CCCC[C@@H]2O[C@@H]1C(=O)O. The molecule has 2 rings (SSSR count). The van der Waals surface area contributed by atoms with Gasteiger partial charge in [-0.15, -0.1) is 0 Å². The maximum Gasteiger partial charge on any atom is 0.333 e. The summed E-state index contributed by atoms with van der Waals surface area (Å²) in [6.45, 7) is 2.01. The minimum atomic E-state index is -0.790. The zero-order valence-corrected chi connectivity index (χ0v) is 7.90. The van der Waals surface area contributed by atoms with Gasteiger partial charge in [-0.05, 0) is 24.7 Å². The summed E-state index contributed by atoms with van der Waals surface area (Å²) in [5.74, 6) is -0.0976. The minimum Gasteiger partial charge on any atom is -0.479 e. The van der Waals surface area contributed by atoms with E-state index in [4.69, 9.17) is 9.84 Å². The third-order valence-electron chi connectivity index (χ3n) is 3.47. The van der Waals surface area contributed by atoms with Gasteiger partial charge >= 0.3 is 5.97 Å². The number of carboxylic acids is 1. The number of carbonyl (C=O) groups is 1. The van der Waals surface area contributed by atoms with Gasteiger partial charge in [0, 0.05) is 0 Å². The van der Waals surface area contributed by atoms with E-state index in [2.05, 4.69) is 0 Å². The third kappa shape index (κ3) is 1.46. The van der Waals surface area contributed by atoms with Crippen LogP contribution in [0.4, 0.5) is 0 Å². The fourth-order valence-corrected chi connectivity index (χ4v) is 2.72. The van der Waals surface area contributed by atoms with Crippen LogP contribution in [0.3, 0.4) is 0 Å². The Morgan fingerprint density at radius 3 is 2.69 bits per heavy atom. The molecule has 4 atom stereocenters. The lowest BCUT2D eigenvalue weighted by atomic mass is 9.79. The molecular formula is C10H16O3. The van der Waals surface area contributed by atoms with E-state index in [0.717, 1.165) is 12.8 Å². The number of aliphatic carboxylic acids is 1. The summed E-state index contributed by atoms with van der Waals surface area (Å²) in [6, 6.07) is 0. The van der Waals surface area contributed by atoms with Crippen LogP contribution in [-0.4, -0.2) is 23.3 Å². The average Bonchev–Trinajstić information content (AvgIpc) is 2.45. The molecule has 13 heavy (non-hydrogen) atoms. The van der Waals surface area contributed by atoms with Gasteiger partial charge in [-0.1, -0.05) is 19.8 Å². The molecule has 1 saturated carbocycles. The summed E-state index contributed by atoms with van der Waals surface area (Å²) in [6.07, 6.45) is 4.31. The van der Waals surface area contributed by atoms with Crippen molar-refractivity contribution in [2.24, 2.45) is 11.8 Å². The summed E-state index contributed by atoms with van der Waals surface area (Å²) in [7, 11) is 0. The van der Waals surface area contributed by atoms with Crippen LogP contribution in [0.5, 0.6) is 0 Å². The minimum absolute atomic E-state index is 0.197. The number of hydrogen-bond donors (Lipinski definition) is 1. The molecule has 1 aliphatic carbocycles. The first kappa shape index (κ1) is 9.00. The van der Waals surface area contributed by atoms with Gasteiger partial charge in [0.2, 0.25) is 0 Å². The monoisotopic (exact) mass is 184 g/mol. The van der Waals surface area contributed by atoms with Crippen LogP contribution in [0.1, 0.15) is 32.6 Å². The number of ether oxygens (including phenoxy) is 1. The Hall–Kier alpha value is -0.570. The lowest BCUT2D eigenvalue weighted by Gasteiger charge is -2.25. The quantitative estimate of drug-likeness (QED) is 0.674. The molecule has 2 aliphatic rings. The van der Waals surface area contributed by atoms with E-state index in [-0.39, 0.29) is 12.0 Å². The van der Waals surface area contributed by atoms with E-state index in [1.807, 2.05) is 6.92 Å². The van der Waals surface area contributed by atoms with Gasteiger partial charge in [-0.2, -0.15) is 0 Å². The number of carboxylic acid groups (broad SMARTS) is 1. The summed E-state index contributed by atoms with van der Waals surface area (Å²) in [5, 5.41) is 8.91. The van der Waals surface area contributed by atoms with Crippen molar-refractivity contribution in [1.29, 1.82) is 0 Å². The van der Waals surface area contributed by atoms with E-state index < -0.39 is 12.1 Å². The number of hydrogen-bond acceptors (Lipinski definition) is 2. The zero-order chi connectivity index (χ0) is 9.42.